The van der Waals surface area contributed by atoms with E-state index in [0.717, 1.165) is 36.2 Å². The number of hydrogen-bond acceptors (Lipinski definition) is 2. The van der Waals surface area contributed by atoms with E-state index < -0.39 is 0 Å². The Balaban J connectivity index is 1.80. The largest absolute Gasteiger partial charge is 0.309 e. The van der Waals surface area contributed by atoms with E-state index >= 15 is 0 Å². The monoisotopic (exact) mass is 420 g/mol. The first-order valence-electron chi connectivity index (χ1n) is 11.8. The molecule has 4 heteroatoms. The second kappa shape index (κ2) is 11.1. The zero-order valence-electron chi connectivity index (χ0n) is 19.2. The van der Waals surface area contributed by atoms with Crippen LogP contribution < -0.4 is 9.80 Å². The Labute approximate surface area is 187 Å². The molecule has 166 valence electrons. The Morgan fingerprint density at radius 3 is 2.29 bits per heavy atom. The van der Waals surface area contributed by atoms with E-state index in [9.17, 15) is 9.59 Å². The van der Waals surface area contributed by atoms with Crippen LogP contribution >= 0.6 is 0 Å². The van der Waals surface area contributed by atoms with Crippen molar-refractivity contribution in [2.45, 2.75) is 84.2 Å². The fraction of sp³-hybridized carbons (Fsp3) is 0.481. The van der Waals surface area contributed by atoms with Gasteiger partial charge in [0.25, 0.3) is 0 Å². The molecule has 0 aromatic heterocycles. The van der Waals surface area contributed by atoms with Crippen molar-refractivity contribution in [2.24, 2.45) is 0 Å². The summed E-state index contributed by atoms with van der Waals surface area (Å²) in [5, 5.41) is 0. The first kappa shape index (κ1) is 23.1. The van der Waals surface area contributed by atoms with Crippen LogP contribution in [0.25, 0.3) is 0 Å². The smallest absolute Gasteiger partial charge is 0.227 e. The van der Waals surface area contributed by atoms with E-state index in [1.807, 2.05) is 58.3 Å². The van der Waals surface area contributed by atoms with Gasteiger partial charge in [-0.25, -0.2) is 0 Å². The molecule has 2 amide bonds. The predicted molar refractivity (Wildman–Crippen MR) is 128 cm³/mol. The van der Waals surface area contributed by atoms with E-state index in [1.54, 1.807) is 6.92 Å². The van der Waals surface area contributed by atoms with E-state index in [0.29, 0.717) is 6.42 Å². The molecule has 1 heterocycles. The van der Waals surface area contributed by atoms with Gasteiger partial charge >= 0.3 is 0 Å². The fourth-order valence-corrected chi connectivity index (χ4v) is 4.75. The normalized spacial score (nSPS) is 17.8. The topological polar surface area (TPSA) is 40.6 Å². The number of amides is 2. The summed E-state index contributed by atoms with van der Waals surface area (Å²) in [6.45, 7) is 5.94. The predicted octanol–water partition coefficient (Wildman–Crippen LogP) is 6.66. The van der Waals surface area contributed by atoms with Gasteiger partial charge in [0.1, 0.15) is 0 Å². The minimum atomic E-state index is -0.0795. The van der Waals surface area contributed by atoms with Gasteiger partial charge in [-0.15, -0.1) is 0 Å². The molecule has 2 aromatic rings. The Morgan fingerprint density at radius 2 is 1.58 bits per heavy atom. The highest BCUT2D eigenvalue weighted by Crippen LogP contribution is 2.42. The van der Waals surface area contributed by atoms with Crippen LogP contribution in [0, 0.1) is 0 Å². The maximum atomic E-state index is 13.2. The standard InChI is InChI=1S/C27H36N2O2/c1-4-5-6-7-8-12-19-27(31)28-21(2)20-26(24-17-13-14-18-25(24)28)29(22(3)30)23-15-10-9-11-16-23/h9-11,13-18,21,26H,4-8,12,19-20H2,1-3H3. The van der Waals surface area contributed by atoms with Crippen LogP contribution in [0.5, 0.6) is 0 Å². The quantitative estimate of drug-likeness (QED) is 0.426. The van der Waals surface area contributed by atoms with Gasteiger partial charge in [-0.3, -0.25) is 9.59 Å². The maximum absolute atomic E-state index is 13.2. The van der Waals surface area contributed by atoms with E-state index in [1.165, 1.54) is 25.7 Å². The average molecular weight is 421 g/mol. The Morgan fingerprint density at radius 1 is 0.935 bits per heavy atom. The molecule has 1 aliphatic rings. The molecule has 0 N–H and O–H groups in total. The minimum Gasteiger partial charge on any atom is -0.309 e. The molecule has 0 radical (unpaired) electrons. The second-order valence-corrected chi connectivity index (χ2v) is 8.67. The molecule has 0 saturated carbocycles. The van der Waals surface area contributed by atoms with E-state index in [2.05, 4.69) is 19.9 Å². The van der Waals surface area contributed by atoms with Gasteiger partial charge in [-0.2, -0.15) is 0 Å². The van der Waals surface area contributed by atoms with Crippen LogP contribution in [0.3, 0.4) is 0 Å². The summed E-state index contributed by atoms with van der Waals surface area (Å²) in [4.78, 5) is 29.7. The summed E-state index contributed by atoms with van der Waals surface area (Å²) in [6, 6.07) is 17.9. The number of fused-ring (bicyclic) bond motifs is 1. The molecular formula is C27H36N2O2. The van der Waals surface area contributed by atoms with Crippen molar-refractivity contribution in [3.05, 3.63) is 60.2 Å². The van der Waals surface area contributed by atoms with Crippen molar-refractivity contribution in [3.63, 3.8) is 0 Å². The second-order valence-electron chi connectivity index (χ2n) is 8.67. The highest BCUT2D eigenvalue weighted by atomic mass is 16.2. The molecule has 2 aromatic carbocycles. The van der Waals surface area contributed by atoms with E-state index in [-0.39, 0.29) is 23.9 Å². The molecule has 0 aliphatic carbocycles. The van der Waals surface area contributed by atoms with Gasteiger partial charge in [-0.05, 0) is 43.5 Å². The maximum Gasteiger partial charge on any atom is 0.227 e. The third kappa shape index (κ3) is 5.55. The highest BCUT2D eigenvalue weighted by molar-refractivity contribution is 5.97. The number of para-hydroxylation sites is 2. The van der Waals surface area contributed by atoms with Gasteiger partial charge in [-0.1, -0.05) is 75.4 Å². The molecule has 0 saturated heterocycles. The van der Waals surface area contributed by atoms with Gasteiger partial charge < -0.3 is 9.80 Å². The highest BCUT2D eigenvalue weighted by Gasteiger charge is 2.37. The van der Waals surface area contributed by atoms with Gasteiger partial charge in [0.05, 0.1) is 6.04 Å². The van der Waals surface area contributed by atoms with Crippen molar-refractivity contribution < 1.29 is 9.59 Å². The Hall–Kier alpha value is -2.62. The van der Waals surface area contributed by atoms with Crippen molar-refractivity contribution >= 4 is 23.2 Å². The number of benzene rings is 2. The lowest BCUT2D eigenvalue weighted by molar-refractivity contribution is -0.119. The molecule has 3 rings (SSSR count). The number of unbranched alkanes of at least 4 members (excludes halogenated alkanes) is 5. The minimum absolute atomic E-state index is 0.0186. The van der Waals surface area contributed by atoms with Crippen molar-refractivity contribution in [3.8, 4) is 0 Å². The van der Waals surface area contributed by atoms with Gasteiger partial charge in [0, 0.05) is 30.8 Å². The third-order valence-corrected chi connectivity index (χ3v) is 6.26. The number of anilines is 2. The van der Waals surface area contributed by atoms with E-state index in [4.69, 9.17) is 0 Å². The molecule has 0 spiro atoms. The SMILES string of the molecule is CCCCCCCCC(=O)N1c2ccccc2C(N(C(C)=O)c2ccccc2)CC1C. The lowest BCUT2D eigenvalue weighted by Crippen LogP contribution is -2.47. The summed E-state index contributed by atoms with van der Waals surface area (Å²) in [7, 11) is 0. The number of hydrogen-bond donors (Lipinski definition) is 0. The van der Waals surface area contributed by atoms with Crippen LogP contribution in [-0.4, -0.2) is 17.9 Å². The molecule has 2 unspecified atom stereocenters. The van der Waals surface area contributed by atoms with Gasteiger partial charge in [0.2, 0.25) is 11.8 Å². The summed E-state index contributed by atoms with van der Waals surface area (Å²) in [5.41, 5.74) is 2.90. The van der Waals surface area contributed by atoms with Gasteiger partial charge in [0.15, 0.2) is 0 Å². The molecule has 2 atom stereocenters. The molecule has 31 heavy (non-hydrogen) atoms. The van der Waals surface area contributed by atoms with Crippen LogP contribution in [0.2, 0.25) is 0 Å². The molecule has 4 nitrogen and oxygen atoms in total. The zero-order valence-corrected chi connectivity index (χ0v) is 19.2. The Kier molecular flexibility index (Phi) is 8.27. The van der Waals surface area contributed by atoms with Crippen molar-refractivity contribution in [1.29, 1.82) is 0 Å². The molecular weight excluding hydrogens is 384 g/mol. The first-order chi connectivity index (χ1) is 15.0. The lowest BCUT2D eigenvalue weighted by Gasteiger charge is -2.43. The third-order valence-electron chi connectivity index (χ3n) is 6.26. The van der Waals surface area contributed by atoms with Crippen LogP contribution in [0.4, 0.5) is 11.4 Å². The number of rotatable bonds is 9. The zero-order chi connectivity index (χ0) is 22.2. The van der Waals surface area contributed by atoms with Crippen molar-refractivity contribution in [2.75, 3.05) is 9.80 Å². The van der Waals surface area contributed by atoms with Crippen LogP contribution in [-0.2, 0) is 9.59 Å². The van der Waals surface area contributed by atoms with Crippen LogP contribution in [0.1, 0.15) is 83.7 Å². The molecule has 0 bridgehead atoms. The summed E-state index contributed by atoms with van der Waals surface area (Å²) < 4.78 is 0. The van der Waals surface area contributed by atoms with Crippen LogP contribution in [0.15, 0.2) is 54.6 Å². The van der Waals surface area contributed by atoms with Crippen molar-refractivity contribution in [1.82, 2.24) is 0 Å². The fourth-order valence-electron chi connectivity index (χ4n) is 4.75. The summed E-state index contributed by atoms with van der Waals surface area (Å²) >= 11 is 0. The Bertz CT molecular complexity index is 865. The molecule has 0 fully saturated rings. The lowest BCUT2D eigenvalue weighted by atomic mass is 9.89. The average Bonchev–Trinajstić information content (AvgIpc) is 2.76. The molecule has 1 aliphatic heterocycles. The number of carbonyl (C=O) groups excluding carboxylic acids is 2. The summed E-state index contributed by atoms with van der Waals surface area (Å²) in [6.07, 6.45) is 8.36. The summed E-state index contributed by atoms with van der Waals surface area (Å²) in [5.74, 6) is 0.216. The number of carbonyl (C=O) groups is 2. The first-order valence-corrected chi connectivity index (χ1v) is 11.8. The number of nitrogens with zero attached hydrogens (tertiary/aromatic N) is 2.